The van der Waals surface area contributed by atoms with Crippen molar-refractivity contribution >= 4 is 17.6 Å². The standard InChI is InChI=1S/C14H19ClN4O/c15-13-9-17-4-1-11(13)10-18-7-8-19(14(18)20)12-2-5-16-6-3-12/h1,4,9,12,16H,2-3,5-8,10H2. The molecule has 108 valence electrons. The van der Waals surface area contributed by atoms with E-state index in [9.17, 15) is 4.79 Å². The van der Waals surface area contributed by atoms with Gasteiger partial charge in [-0.3, -0.25) is 4.98 Å². The highest BCUT2D eigenvalue weighted by Gasteiger charge is 2.34. The molecule has 2 fully saturated rings. The monoisotopic (exact) mass is 294 g/mol. The normalized spacial score (nSPS) is 20.8. The SMILES string of the molecule is O=C1N(Cc2ccncc2Cl)CCN1C1CCNCC1. The second kappa shape index (κ2) is 5.97. The van der Waals surface area contributed by atoms with Crippen LogP contribution in [0.1, 0.15) is 18.4 Å². The minimum absolute atomic E-state index is 0.143. The molecule has 6 heteroatoms. The molecule has 20 heavy (non-hydrogen) atoms. The lowest BCUT2D eigenvalue weighted by Crippen LogP contribution is -2.45. The maximum absolute atomic E-state index is 12.5. The Bertz CT molecular complexity index is 490. The van der Waals surface area contributed by atoms with E-state index in [0.717, 1.165) is 44.6 Å². The predicted octanol–water partition coefficient (Wildman–Crippen LogP) is 1.72. The molecule has 0 bridgehead atoms. The van der Waals surface area contributed by atoms with Crippen LogP contribution in [0.25, 0.3) is 0 Å². The van der Waals surface area contributed by atoms with Gasteiger partial charge in [-0.25, -0.2) is 4.79 Å². The van der Waals surface area contributed by atoms with Crippen LogP contribution < -0.4 is 5.32 Å². The molecule has 2 saturated heterocycles. The number of hydrogen-bond acceptors (Lipinski definition) is 3. The fourth-order valence-corrected chi connectivity index (χ4v) is 3.12. The van der Waals surface area contributed by atoms with Crippen molar-refractivity contribution in [3.8, 4) is 0 Å². The van der Waals surface area contributed by atoms with Crippen molar-refractivity contribution in [3.63, 3.8) is 0 Å². The number of pyridine rings is 1. The van der Waals surface area contributed by atoms with Gasteiger partial charge in [-0.05, 0) is 37.6 Å². The minimum atomic E-state index is 0.143. The Morgan fingerprint density at radius 1 is 1.35 bits per heavy atom. The summed E-state index contributed by atoms with van der Waals surface area (Å²) in [5, 5.41) is 3.96. The van der Waals surface area contributed by atoms with Crippen LogP contribution in [0.2, 0.25) is 5.02 Å². The first kappa shape index (κ1) is 13.6. The van der Waals surface area contributed by atoms with Gasteiger partial charge >= 0.3 is 6.03 Å². The molecule has 2 aliphatic heterocycles. The Morgan fingerprint density at radius 3 is 2.90 bits per heavy atom. The molecule has 0 unspecified atom stereocenters. The van der Waals surface area contributed by atoms with Crippen LogP contribution >= 0.6 is 11.6 Å². The van der Waals surface area contributed by atoms with Crippen LogP contribution in [0, 0.1) is 0 Å². The number of halogens is 1. The van der Waals surface area contributed by atoms with Crippen LogP contribution in [0.15, 0.2) is 18.5 Å². The van der Waals surface area contributed by atoms with Crippen LogP contribution in [-0.4, -0.2) is 53.0 Å². The number of amides is 2. The number of nitrogens with one attached hydrogen (secondary N) is 1. The second-order valence-electron chi connectivity index (χ2n) is 5.35. The topological polar surface area (TPSA) is 48.5 Å². The third-order valence-corrected chi connectivity index (χ3v) is 4.43. The number of aromatic nitrogens is 1. The van der Waals surface area contributed by atoms with Crippen molar-refractivity contribution in [1.29, 1.82) is 0 Å². The van der Waals surface area contributed by atoms with E-state index in [1.165, 1.54) is 0 Å². The van der Waals surface area contributed by atoms with Crippen LogP contribution in [0.5, 0.6) is 0 Å². The van der Waals surface area contributed by atoms with Crippen LogP contribution in [0.3, 0.4) is 0 Å². The molecule has 3 heterocycles. The Balaban J connectivity index is 1.65. The predicted molar refractivity (Wildman–Crippen MR) is 77.7 cm³/mol. The molecule has 5 nitrogen and oxygen atoms in total. The summed E-state index contributed by atoms with van der Waals surface area (Å²) in [5.41, 5.74) is 0.960. The number of rotatable bonds is 3. The largest absolute Gasteiger partial charge is 0.320 e. The maximum Gasteiger partial charge on any atom is 0.320 e. The molecule has 3 rings (SSSR count). The number of piperidine rings is 1. The summed E-state index contributed by atoms with van der Waals surface area (Å²) in [6, 6.07) is 2.41. The Kier molecular flexibility index (Phi) is 4.08. The molecule has 1 aromatic rings. The second-order valence-corrected chi connectivity index (χ2v) is 5.75. The molecule has 0 radical (unpaired) electrons. The Morgan fingerprint density at radius 2 is 2.15 bits per heavy atom. The molecule has 0 saturated carbocycles. The molecular weight excluding hydrogens is 276 g/mol. The van der Waals surface area contributed by atoms with Gasteiger partial charge in [0.2, 0.25) is 0 Å². The third kappa shape index (κ3) is 2.74. The average molecular weight is 295 g/mol. The van der Waals surface area contributed by atoms with Gasteiger partial charge in [-0.1, -0.05) is 11.6 Å². The van der Waals surface area contributed by atoms with E-state index in [2.05, 4.69) is 10.3 Å². The van der Waals surface area contributed by atoms with Gasteiger partial charge in [0.15, 0.2) is 0 Å². The number of carbonyl (C=O) groups is 1. The van der Waals surface area contributed by atoms with Crippen molar-refractivity contribution < 1.29 is 4.79 Å². The van der Waals surface area contributed by atoms with E-state index in [-0.39, 0.29) is 6.03 Å². The Hall–Kier alpha value is -1.33. The van der Waals surface area contributed by atoms with Crippen molar-refractivity contribution in [2.24, 2.45) is 0 Å². The van der Waals surface area contributed by atoms with Crippen molar-refractivity contribution in [1.82, 2.24) is 20.1 Å². The van der Waals surface area contributed by atoms with Gasteiger partial charge < -0.3 is 15.1 Å². The summed E-state index contributed by atoms with van der Waals surface area (Å²) in [5.74, 6) is 0. The average Bonchev–Trinajstić information content (AvgIpc) is 2.84. The molecule has 0 aliphatic carbocycles. The summed E-state index contributed by atoms with van der Waals surface area (Å²) in [6.45, 7) is 4.19. The molecule has 2 aliphatic rings. The van der Waals surface area contributed by atoms with Gasteiger partial charge in [-0.2, -0.15) is 0 Å². The fourth-order valence-electron chi connectivity index (χ4n) is 2.94. The molecular formula is C14H19ClN4O. The summed E-state index contributed by atoms with van der Waals surface area (Å²) in [4.78, 5) is 20.4. The molecule has 0 atom stereocenters. The van der Waals surface area contributed by atoms with E-state index in [4.69, 9.17) is 11.6 Å². The lowest BCUT2D eigenvalue weighted by atomic mass is 10.1. The summed E-state index contributed by atoms with van der Waals surface area (Å²) >= 11 is 6.11. The smallest absolute Gasteiger partial charge is 0.320 e. The summed E-state index contributed by atoms with van der Waals surface area (Å²) in [6.07, 6.45) is 5.44. The van der Waals surface area contributed by atoms with E-state index < -0.39 is 0 Å². The number of nitrogens with zero attached hydrogens (tertiary/aromatic N) is 3. The van der Waals surface area contributed by atoms with Gasteiger partial charge in [0.1, 0.15) is 0 Å². The lowest BCUT2D eigenvalue weighted by molar-refractivity contribution is 0.165. The zero-order valence-corrected chi connectivity index (χ0v) is 12.1. The van der Waals surface area contributed by atoms with Crippen LogP contribution in [-0.2, 0) is 6.54 Å². The van der Waals surface area contributed by atoms with Gasteiger partial charge in [0.05, 0.1) is 5.02 Å². The van der Waals surface area contributed by atoms with E-state index in [0.29, 0.717) is 17.6 Å². The number of carbonyl (C=O) groups excluding carboxylic acids is 1. The fraction of sp³-hybridized carbons (Fsp3) is 0.571. The number of hydrogen-bond donors (Lipinski definition) is 1. The first-order valence-electron chi connectivity index (χ1n) is 7.10. The highest BCUT2D eigenvalue weighted by Crippen LogP contribution is 2.22. The number of urea groups is 1. The molecule has 0 aromatic carbocycles. The van der Waals surface area contributed by atoms with Gasteiger partial charge in [0, 0.05) is 38.1 Å². The summed E-state index contributed by atoms with van der Waals surface area (Å²) < 4.78 is 0. The van der Waals surface area contributed by atoms with Crippen molar-refractivity contribution in [2.75, 3.05) is 26.2 Å². The summed E-state index contributed by atoms with van der Waals surface area (Å²) in [7, 11) is 0. The molecule has 0 spiro atoms. The van der Waals surface area contributed by atoms with Gasteiger partial charge in [-0.15, -0.1) is 0 Å². The first-order chi connectivity index (χ1) is 9.75. The molecule has 1 N–H and O–H groups in total. The van der Waals surface area contributed by atoms with Crippen molar-refractivity contribution in [3.05, 3.63) is 29.0 Å². The highest BCUT2D eigenvalue weighted by molar-refractivity contribution is 6.31. The lowest BCUT2D eigenvalue weighted by Gasteiger charge is -2.31. The highest BCUT2D eigenvalue weighted by atomic mass is 35.5. The van der Waals surface area contributed by atoms with Gasteiger partial charge in [0.25, 0.3) is 0 Å². The van der Waals surface area contributed by atoms with E-state index in [1.807, 2.05) is 15.9 Å². The quantitative estimate of drug-likeness (QED) is 0.923. The van der Waals surface area contributed by atoms with Crippen LogP contribution in [0.4, 0.5) is 4.79 Å². The third-order valence-electron chi connectivity index (χ3n) is 4.09. The van der Waals surface area contributed by atoms with E-state index in [1.54, 1.807) is 12.4 Å². The Labute approximate surface area is 123 Å². The maximum atomic E-state index is 12.5. The minimum Gasteiger partial charge on any atom is -0.320 e. The zero-order chi connectivity index (χ0) is 13.9. The first-order valence-corrected chi connectivity index (χ1v) is 7.48. The van der Waals surface area contributed by atoms with E-state index >= 15 is 0 Å². The van der Waals surface area contributed by atoms with Crippen molar-refractivity contribution in [2.45, 2.75) is 25.4 Å². The zero-order valence-electron chi connectivity index (χ0n) is 11.4. The molecule has 1 aromatic heterocycles. The molecule has 2 amide bonds.